The summed E-state index contributed by atoms with van der Waals surface area (Å²) in [5.74, 6) is 0. The predicted octanol–water partition coefficient (Wildman–Crippen LogP) is 0.186. The van der Waals surface area contributed by atoms with Crippen molar-refractivity contribution >= 4 is 24.7 Å². The van der Waals surface area contributed by atoms with E-state index in [0.29, 0.717) is 0 Å². The van der Waals surface area contributed by atoms with Gasteiger partial charge in [-0.15, -0.1) is 0 Å². The first-order chi connectivity index (χ1) is 5.57. The van der Waals surface area contributed by atoms with E-state index in [0.717, 1.165) is 11.4 Å². The molecule has 12 heavy (non-hydrogen) atoms. The van der Waals surface area contributed by atoms with E-state index in [9.17, 15) is 0 Å². The SMILES string of the molecule is Bc1cc(C)c(NC)c(N)c1C. The third-order valence-electron chi connectivity index (χ3n) is 2.34. The van der Waals surface area contributed by atoms with Crippen LogP contribution in [0.2, 0.25) is 0 Å². The van der Waals surface area contributed by atoms with Crippen molar-refractivity contribution in [1.82, 2.24) is 0 Å². The lowest BCUT2D eigenvalue weighted by atomic mass is 9.88. The Hall–Kier alpha value is -1.12. The first-order valence-corrected chi connectivity index (χ1v) is 4.12. The van der Waals surface area contributed by atoms with Crippen molar-refractivity contribution in [1.29, 1.82) is 0 Å². The van der Waals surface area contributed by atoms with E-state index in [4.69, 9.17) is 5.73 Å². The maximum Gasteiger partial charge on any atom is 0.139 e. The molecule has 0 unspecified atom stereocenters. The normalized spacial score (nSPS) is 9.92. The Morgan fingerprint density at radius 3 is 2.50 bits per heavy atom. The second-order valence-electron chi connectivity index (χ2n) is 3.17. The summed E-state index contributed by atoms with van der Waals surface area (Å²) in [4.78, 5) is 0. The van der Waals surface area contributed by atoms with Gasteiger partial charge in [-0.2, -0.15) is 0 Å². The van der Waals surface area contributed by atoms with Gasteiger partial charge in [0.05, 0.1) is 11.4 Å². The molecule has 1 aromatic rings. The molecule has 64 valence electrons. The van der Waals surface area contributed by atoms with Crippen LogP contribution in [0.1, 0.15) is 11.1 Å². The first-order valence-electron chi connectivity index (χ1n) is 4.12. The van der Waals surface area contributed by atoms with E-state index >= 15 is 0 Å². The molecule has 3 heteroatoms. The summed E-state index contributed by atoms with van der Waals surface area (Å²) in [6.45, 7) is 4.11. The Morgan fingerprint density at radius 1 is 1.42 bits per heavy atom. The third-order valence-corrected chi connectivity index (χ3v) is 2.34. The fourth-order valence-corrected chi connectivity index (χ4v) is 1.45. The third kappa shape index (κ3) is 1.27. The van der Waals surface area contributed by atoms with Gasteiger partial charge in [-0.05, 0) is 25.0 Å². The van der Waals surface area contributed by atoms with Gasteiger partial charge in [-0.25, -0.2) is 0 Å². The molecule has 2 nitrogen and oxygen atoms in total. The standard InChI is InChI=1S/C9H15BN2/c1-5-4-7(10)6(2)8(11)9(5)12-3/h4,12H,10-11H2,1-3H3. The van der Waals surface area contributed by atoms with Crippen molar-refractivity contribution in [2.75, 3.05) is 18.1 Å². The fourth-order valence-electron chi connectivity index (χ4n) is 1.45. The molecule has 0 aliphatic heterocycles. The van der Waals surface area contributed by atoms with Gasteiger partial charge >= 0.3 is 0 Å². The van der Waals surface area contributed by atoms with Crippen molar-refractivity contribution in [2.24, 2.45) is 0 Å². The molecular weight excluding hydrogens is 147 g/mol. The molecule has 3 N–H and O–H groups in total. The van der Waals surface area contributed by atoms with Crippen molar-refractivity contribution in [2.45, 2.75) is 13.8 Å². The minimum atomic E-state index is 0.870. The lowest BCUT2D eigenvalue weighted by Crippen LogP contribution is -2.13. The maximum absolute atomic E-state index is 5.93. The van der Waals surface area contributed by atoms with Gasteiger partial charge in [-0.3, -0.25) is 0 Å². The minimum Gasteiger partial charge on any atom is -0.397 e. The molecule has 0 saturated carbocycles. The molecule has 0 radical (unpaired) electrons. The van der Waals surface area contributed by atoms with E-state index in [2.05, 4.69) is 26.2 Å². The van der Waals surface area contributed by atoms with E-state index in [1.165, 1.54) is 16.6 Å². The highest BCUT2D eigenvalue weighted by atomic mass is 14.9. The highest BCUT2D eigenvalue weighted by molar-refractivity contribution is 6.34. The number of nitrogen functional groups attached to an aromatic ring is 1. The molecule has 1 rings (SSSR count). The van der Waals surface area contributed by atoms with E-state index < -0.39 is 0 Å². The molecule has 0 aliphatic carbocycles. The zero-order chi connectivity index (χ0) is 9.30. The van der Waals surface area contributed by atoms with Crippen LogP contribution in [-0.2, 0) is 0 Å². The molecule has 0 aromatic heterocycles. The van der Waals surface area contributed by atoms with Crippen LogP contribution in [0, 0.1) is 13.8 Å². The van der Waals surface area contributed by atoms with Gasteiger partial charge in [0.25, 0.3) is 0 Å². The van der Waals surface area contributed by atoms with Crippen molar-refractivity contribution in [3.8, 4) is 0 Å². The van der Waals surface area contributed by atoms with Crippen molar-refractivity contribution in [3.63, 3.8) is 0 Å². The summed E-state index contributed by atoms with van der Waals surface area (Å²) in [6, 6.07) is 2.15. The van der Waals surface area contributed by atoms with Crippen LogP contribution < -0.4 is 16.5 Å². The van der Waals surface area contributed by atoms with Crippen LogP contribution in [0.5, 0.6) is 0 Å². The van der Waals surface area contributed by atoms with Crippen LogP contribution in [0.25, 0.3) is 0 Å². The monoisotopic (exact) mass is 162 g/mol. The summed E-state index contributed by atoms with van der Waals surface area (Å²) in [5, 5.41) is 3.11. The van der Waals surface area contributed by atoms with Crippen LogP contribution in [-0.4, -0.2) is 14.9 Å². The largest absolute Gasteiger partial charge is 0.397 e. The lowest BCUT2D eigenvalue weighted by molar-refractivity contribution is 1.38. The number of benzene rings is 1. The average Bonchev–Trinajstić information content (AvgIpc) is 2.01. The van der Waals surface area contributed by atoms with Crippen molar-refractivity contribution < 1.29 is 0 Å². The van der Waals surface area contributed by atoms with Gasteiger partial charge in [0.1, 0.15) is 7.85 Å². The number of aryl methyl sites for hydroxylation is 1. The van der Waals surface area contributed by atoms with E-state index in [1.54, 1.807) is 0 Å². The summed E-state index contributed by atoms with van der Waals surface area (Å²) < 4.78 is 0. The molecule has 1 aromatic carbocycles. The van der Waals surface area contributed by atoms with Gasteiger partial charge in [-0.1, -0.05) is 11.5 Å². The highest BCUT2D eigenvalue weighted by Crippen LogP contribution is 2.23. The Bertz CT molecular complexity index is 308. The van der Waals surface area contributed by atoms with Crippen LogP contribution in [0.3, 0.4) is 0 Å². The number of rotatable bonds is 1. The molecule has 0 amide bonds. The first kappa shape index (κ1) is 8.98. The van der Waals surface area contributed by atoms with E-state index in [-0.39, 0.29) is 0 Å². The summed E-state index contributed by atoms with van der Waals surface area (Å²) in [7, 11) is 3.98. The highest BCUT2D eigenvalue weighted by Gasteiger charge is 2.05. The molecular formula is C9H15BN2. The fraction of sp³-hybridized carbons (Fsp3) is 0.333. The smallest absolute Gasteiger partial charge is 0.139 e. The average molecular weight is 162 g/mol. The zero-order valence-electron chi connectivity index (χ0n) is 8.15. The van der Waals surface area contributed by atoms with Crippen molar-refractivity contribution in [3.05, 3.63) is 17.2 Å². The second-order valence-corrected chi connectivity index (χ2v) is 3.17. The molecule has 0 heterocycles. The Balaban J connectivity index is 3.40. The number of nitrogens with two attached hydrogens (primary N) is 1. The lowest BCUT2D eigenvalue weighted by Gasteiger charge is -2.13. The van der Waals surface area contributed by atoms with E-state index in [1.807, 2.05) is 14.0 Å². The topological polar surface area (TPSA) is 38.0 Å². The van der Waals surface area contributed by atoms with Crippen LogP contribution in [0.4, 0.5) is 11.4 Å². The quantitative estimate of drug-likeness (QED) is 0.456. The summed E-state index contributed by atoms with van der Waals surface area (Å²) >= 11 is 0. The molecule has 0 bridgehead atoms. The van der Waals surface area contributed by atoms with Gasteiger partial charge in [0.2, 0.25) is 0 Å². The molecule has 0 saturated heterocycles. The van der Waals surface area contributed by atoms with Crippen LogP contribution >= 0.6 is 0 Å². The number of nitrogens with one attached hydrogen (secondary N) is 1. The van der Waals surface area contributed by atoms with Gasteiger partial charge in [0, 0.05) is 7.05 Å². The number of anilines is 2. The second kappa shape index (κ2) is 3.09. The van der Waals surface area contributed by atoms with Crippen LogP contribution in [0.15, 0.2) is 6.07 Å². The number of hydrogen-bond acceptors (Lipinski definition) is 2. The minimum absolute atomic E-state index is 0.870. The Kier molecular flexibility index (Phi) is 2.31. The van der Waals surface area contributed by atoms with Gasteiger partial charge in [0.15, 0.2) is 0 Å². The number of hydrogen-bond donors (Lipinski definition) is 2. The molecule has 0 aliphatic rings. The maximum atomic E-state index is 5.93. The predicted molar refractivity (Wildman–Crippen MR) is 58.1 cm³/mol. The Labute approximate surface area is 74.6 Å². The molecule has 0 spiro atoms. The molecule has 0 atom stereocenters. The summed E-state index contributed by atoms with van der Waals surface area (Å²) in [5.41, 5.74) is 11.5. The molecule has 0 fully saturated rings. The zero-order valence-corrected chi connectivity index (χ0v) is 8.15. The van der Waals surface area contributed by atoms with Gasteiger partial charge < -0.3 is 11.1 Å². The summed E-state index contributed by atoms with van der Waals surface area (Å²) in [6.07, 6.45) is 0. The Morgan fingerprint density at radius 2 is 2.00 bits per heavy atom.